The summed E-state index contributed by atoms with van der Waals surface area (Å²) in [6.45, 7) is 1.11. The molecule has 2 heteroatoms. The van der Waals surface area contributed by atoms with Crippen molar-refractivity contribution in [1.82, 2.24) is 0 Å². The van der Waals surface area contributed by atoms with Crippen LogP contribution in [0.5, 0.6) is 0 Å². The van der Waals surface area contributed by atoms with Crippen LogP contribution in [0.25, 0.3) is 0 Å². The summed E-state index contributed by atoms with van der Waals surface area (Å²) in [6.07, 6.45) is 12.3. The van der Waals surface area contributed by atoms with Gasteiger partial charge in [-0.05, 0) is 47.7 Å². The molecule has 0 radical (unpaired) electrons. The van der Waals surface area contributed by atoms with Crippen molar-refractivity contribution in [3.63, 3.8) is 0 Å². The molecule has 4 bridgehead atoms. The van der Waals surface area contributed by atoms with Gasteiger partial charge in [0, 0.05) is 6.61 Å². The summed E-state index contributed by atoms with van der Waals surface area (Å²) in [5.74, 6) is 3.35. The van der Waals surface area contributed by atoms with Gasteiger partial charge in [-0.15, -0.1) is 0 Å². The summed E-state index contributed by atoms with van der Waals surface area (Å²) < 4.78 is 7.09. The summed E-state index contributed by atoms with van der Waals surface area (Å²) in [6, 6.07) is 0. The summed E-state index contributed by atoms with van der Waals surface area (Å²) in [7, 11) is 0. The fourth-order valence-electron chi connectivity index (χ4n) is 5.80. The Hall–Kier alpha value is 0.492. The molecule has 0 N–H and O–H groups in total. The lowest BCUT2D eigenvalue weighted by atomic mass is 9.56. The van der Waals surface area contributed by atoms with Crippen LogP contribution in [0.15, 0.2) is 0 Å². The molecule has 4 saturated carbocycles. The molecule has 5 rings (SSSR count). The van der Waals surface area contributed by atoms with Gasteiger partial charge in [0.25, 0.3) is 0 Å². The van der Waals surface area contributed by atoms with E-state index in [9.17, 15) is 0 Å². The molecule has 5 fully saturated rings. The first kappa shape index (κ1) is 10.4. The van der Waals surface area contributed by atoms with Crippen molar-refractivity contribution < 1.29 is 3.79 Å². The van der Waals surface area contributed by atoms with E-state index in [1.165, 1.54) is 18.1 Å². The Morgan fingerprint density at radius 2 is 1.50 bits per heavy atom. The molecule has 88 valence electrons. The largest absolute Gasteiger partial charge is 0.500 e. The van der Waals surface area contributed by atoms with Gasteiger partial charge in [-0.25, -0.2) is 0 Å². The molecule has 0 atom stereocenters. The van der Waals surface area contributed by atoms with E-state index < -0.39 is 14.5 Å². The number of hydrogen-bond donors (Lipinski definition) is 0. The molecule has 0 aromatic rings. The Bertz CT molecular complexity index is 247. The molecule has 1 nitrogen and oxygen atoms in total. The van der Waals surface area contributed by atoms with Crippen molar-refractivity contribution in [2.24, 2.45) is 17.8 Å². The third-order valence-corrected chi connectivity index (χ3v) is 9.59. The van der Waals surface area contributed by atoms with Crippen LogP contribution in [0, 0.1) is 17.8 Å². The van der Waals surface area contributed by atoms with Crippen LogP contribution in [-0.4, -0.2) is 21.1 Å². The van der Waals surface area contributed by atoms with E-state index in [4.69, 9.17) is 3.79 Å². The molecule has 0 aromatic carbocycles. The highest BCUT2D eigenvalue weighted by atomic mass is 27.2. The molecule has 0 unspecified atom stereocenters. The summed E-state index contributed by atoms with van der Waals surface area (Å²) >= 11 is -0.839. The van der Waals surface area contributed by atoms with Crippen molar-refractivity contribution in [2.75, 3.05) is 6.61 Å². The van der Waals surface area contributed by atoms with E-state index in [2.05, 4.69) is 0 Å². The first-order valence-electron chi connectivity index (χ1n) is 7.46. The van der Waals surface area contributed by atoms with E-state index in [1.54, 1.807) is 38.5 Å². The lowest BCUT2D eigenvalue weighted by molar-refractivity contribution is 0.0170. The SMILES string of the molecule is C1C[CH2][Al]([C]23CC4CC(CC(C4)C2)C3)[O]C1. The first-order valence-corrected chi connectivity index (χ1v) is 9.32. The number of rotatable bonds is 1. The van der Waals surface area contributed by atoms with E-state index in [1.807, 2.05) is 0 Å². The Balaban J connectivity index is 1.60. The van der Waals surface area contributed by atoms with Crippen molar-refractivity contribution >= 4 is 14.5 Å². The van der Waals surface area contributed by atoms with Gasteiger partial charge < -0.3 is 3.79 Å². The van der Waals surface area contributed by atoms with Gasteiger partial charge >= 0.3 is 14.5 Å². The predicted molar refractivity (Wildman–Crippen MR) is 66.6 cm³/mol. The Labute approximate surface area is 104 Å². The van der Waals surface area contributed by atoms with E-state index in [0.717, 1.165) is 28.6 Å². The van der Waals surface area contributed by atoms with E-state index >= 15 is 0 Å². The van der Waals surface area contributed by atoms with Crippen LogP contribution in [-0.2, 0) is 3.79 Å². The molecule has 16 heavy (non-hydrogen) atoms. The zero-order valence-corrected chi connectivity index (χ0v) is 11.4. The molecule has 0 amide bonds. The first-order chi connectivity index (χ1) is 7.84. The Morgan fingerprint density at radius 1 is 0.875 bits per heavy atom. The van der Waals surface area contributed by atoms with Gasteiger partial charge in [0.15, 0.2) is 0 Å². The van der Waals surface area contributed by atoms with Gasteiger partial charge in [0.1, 0.15) is 0 Å². The van der Waals surface area contributed by atoms with E-state index in [0.29, 0.717) is 0 Å². The summed E-state index contributed by atoms with van der Waals surface area (Å²) in [5.41, 5.74) is 0. The molecule has 0 aromatic heterocycles. The van der Waals surface area contributed by atoms with Crippen LogP contribution in [0.2, 0.25) is 9.56 Å². The van der Waals surface area contributed by atoms with Crippen molar-refractivity contribution in [3.05, 3.63) is 0 Å². The smallest absolute Gasteiger partial charge is 0.467 e. The fraction of sp³-hybridized carbons (Fsp3) is 1.00. The molecular weight excluding hydrogens is 211 g/mol. The summed E-state index contributed by atoms with van der Waals surface area (Å²) in [5, 5.41) is 1.51. The minimum atomic E-state index is -0.839. The lowest BCUT2D eigenvalue weighted by Crippen LogP contribution is -2.50. The van der Waals surface area contributed by atoms with Gasteiger partial charge in [-0.2, -0.15) is 0 Å². The van der Waals surface area contributed by atoms with Crippen molar-refractivity contribution in [2.45, 2.75) is 60.9 Å². The minimum Gasteiger partial charge on any atom is -0.500 e. The zero-order chi connectivity index (χ0) is 10.6. The average molecular weight is 234 g/mol. The molecular formula is C14H23AlO. The summed E-state index contributed by atoms with van der Waals surface area (Å²) in [4.78, 5) is 0. The van der Waals surface area contributed by atoms with Crippen molar-refractivity contribution in [1.29, 1.82) is 0 Å². The van der Waals surface area contributed by atoms with Gasteiger partial charge in [0.05, 0.1) is 0 Å². The molecule has 5 aliphatic rings. The highest BCUT2D eigenvalue weighted by Gasteiger charge is 2.57. The highest BCUT2D eigenvalue weighted by molar-refractivity contribution is 6.56. The lowest BCUT2D eigenvalue weighted by Gasteiger charge is -2.58. The zero-order valence-electron chi connectivity index (χ0n) is 10.3. The minimum absolute atomic E-state index is 0.787. The second-order valence-electron chi connectivity index (χ2n) is 7.14. The average Bonchev–Trinajstić information content (AvgIpc) is 2.28. The van der Waals surface area contributed by atoms with Crippen LogP contribution >= 0.6 is 0 Å². The van der Waals surface area contributed by atoms with Crippen LogP contribution in [0.4, 0.5) is 0 Å². The second kappa shape index (κ2) is 3.74. The highest BCUT2D eigenvalue weighted by Crippen LogP contribution is 2.66. The number of hydrogen-bond acceptors (Lipinski definition) is 1. The standard InChI is InChI=1S/C10H15.C4H8O.Al/c1-7-2-9-4-8(1)5-10(3-7)6-9;1-2-3-4-5;/h7-9H,1-6H2;1-4H2;/q;-1;+1. The van der Waals surface area contributed by atoms with Crippen LogP contribution < -0.4 is 0 Å². The molecule has 1 heterocycles. The van der Waals surface area contributed by atoms with Gasteiger partial charge in [-0.3, -0.25) is 0 Å². The van der Waals surface area contributed by atoms with Crippen LogP contribution in [0.3, 0.4) is 0 Å². The Kier molecular flexibility index (Phi) is 2.44. The fourth-order valence-corrected chi connectivity index (χ4v) is 9.83. The van der Waals surface area contributed by atoms with E-state index in [-0.39, 0.29) is 0 Å². The molecule has 4 aliphatic carbocycles. The van der Waals surface area contributed by atoms with Crippen LogP contribution in [0.1, 0.15) is 51.4 Å². The maximum Gasteiger partial charge on any atom is 0.467 e. The van der Waals surface area contributed by atoms with Gasteiger partial charge in [-0.1, -0.05) is 31.0 Å². The van der Waals surface area contributed by atoms with Gasteiger partial charge in [0.2, 0.25) is 0 Å². The Morgan fingerprint density at radius 3 is 2.00 bits per heavy atom. The topological polar surface area (TPSA) is 9.23 Å². The maximum atomic E-state index is 6.30. The third kappa shape index (κ3) is 1.53. The normalized spacial score (nSPS) is 51.0. The quantitative estimate of drug-likeness (QED) is 0.628. The van der Waals surface area contributed by atoms with Crippen molar-refractivity contribution in [3.8, 4) is 0 Å². The molecule has 0 spiro atoms. The monoisotopic (exact) mass is 234 g/mol. The molecule has 1 saturated heterocycles. The predicted octanol–water partition coefficient (Wildman–Crippen LogP) is 3.76. The molecule has 1 aliphatic heterocycles. The second-order valence-corrected chi connectivity index (χ2v) is 10.2. The third-order valence-electron chi connectivity index (χ3n) is 5.95. The maximum absolute atomic E-state index is 6.30.